The molecule has 0 amide bonds. The van der Waals surface area contributed by atoms with E-state index in [1.54, 1.807) is 0 Å². The third kappa shape index (κ3) is 3.04. The van der Waals surface area contributed by atoms with Crippen molar-refractivity contribution in [1.29, 1.82) is 0 Å². The minimum Gasteiger partial charge on any atom is -0.384 e. The van der Waals surface area contributed by atoms with E-state index in [-0.39, 0.29) is 5.60 Å². The Morgan fingerprint density at radius 2 is 1.64 bits per heavy atom. The van der Waals surface area contributed by atoms with Gasteiger partial charge < -0.3 is 9.74 Å². The molecule has 2 aromatic carbocycles. The van der Waals surface area contributed by atoms with E-state index < -0.39 is 0 Å². The molecule has 0 N–H and O–H groups in total. The van der Waals surface area contributed by atoms with Crippen molar-refractivity contribution in [3.63, 3.8) is 0 Å². The molecular formula is C19H22N2O. The standard InChI is InChI=1S/C19H22N2O/c1-21(2)14-13-19(17-11-7-4-8-12-17)15-18(20-22-19)16-9-5-3-6-10-16/h3-12H,13-15H2,1-2H3. The third-order valence-corrected chi connectivity index (χ3v) is 4.15. The normalized spacial score (nSPS) is 20.8. The van der Waals surface area contributed by atoms with E-state index in [2.05, 4.69) is 60.5 Å². The zero-order valence-corrected chi connectivity index (χ0v) is 13.2. The summed E-state index contributed by atoms with van der Waals surface area (Å²) in [6, 6.07) is 20.7. The summed E-state index contributed by atoms with van der Waals surface area (Å²) in [5, 5.41) is 4.41. The summed E-state index contributed by atoms with van der Waals surface area (Å²) in [5.41, 5.74) is 3.02. The van der Waals surface area contributed by atoms with E-state index in [0.717, 1.165) is 30.7 Å². The van der Waals surface area contributed by atoms with Gasteiger partial charge in [-0.2, -0.15) is 0 Å². The van der Waals surface area contributed by atoms with Crippen LogP contribution in [-0.4, -0.2) is 31.3 Å². The Labute approximate surface area is 132 Å². The van der Waals surface area contributed by atoms with Gasteiger partial charge in [-0.3, -0.25) is 0 Å². The summed E-state index contributed by atoms with van der Waals surface area (Å²) in [4.78, 5) is 8.19. The number of benzene rings is 2. The van der Waals surface area contributed by atoms with Crippen molar-refractivity contribution in [2.45, 2.75) is 18.4 Å². The number of nitrogens with zero attached hydrogens (tertiary/aromatic N) is 2. The molecule has 22 heavy (non-hydrogen) atoms. The van der Waals surface area contributed by atoms with E-state index >= 15 is 0 Å². The lowest BCUT2D eigenvalue weighted by Crippen LogP contribution is -2.31. The number of oxime groups is 1. The highest BCUT2D eigenvalue weighted by molar-refractivity contribution is 6.01. The Bertz CT molecular complexity index is 637. The monoisotopic (exact) mass is 294 g/mol. The van der Waals surface area contributed by atoms with Gasteiger partial charge >= 0.3 is 0 Å². The zero-order chi connectivity index (χ0) is 15.4. The maximum atomic E-state index is 6.01. The zero-order valence-electron chi connectivity index (χ0n) is 13.2. The van der Waals surface area contributed by atoms with Crippen molar-refractivity contribution in [2.75, 3.05) is 20.6 Å². The highest BCUT2D eigenvalue weighted by Crippen LogP contribution is 2.39. The first-order valence-electron chi connectivity index (χ1n) is 7.70. The molecule has 0 radical (unpaired) electrons. The van der Waals surface area contributed by atoms with E-state index in [0.29, 0.717) is 0 Å². The summed E-state index contributed by atoms with van der Waals surface area (Å²) < 4.78 is 0. The Morgan fingerprint density at radius 1 is 1.00 bits per heavy atom. The average Bonchev–Trinajstić information content (AvgIpc) is 3.00. The molecule has 1 aliphatic heterocycles. The van der Waals surface area contributed by atoms with Crippen molar-refractivity contribution in [2.24, 2.45) is 5.16 Å². The number of hydrogen-bond donors (Lipinski definition) is 0. The molecule has 0 aliphatic carbocycles. The molecular weight excluding hydrogens is 272 g/mol. The minimum absolute atomic E-state index is 0.350. The van der Waals surface area contributed by atoms with E-state index in [1.165, 1.54) is 5.56 Å². The first-order valence-corrected chi connectivity index (χ1v) is 7.70. The maximum absolute atomic E-state index is 6.01. The first-order chi connectivity index (χ1) is 10.7. The summed E-state index contributed by atoms with van der Waals surface area (Å²) >= 11 is 0. The number of rotatable bonds is 5. The van der Waals surface area contributed by atoms with Crippen molar-refractivity contribution in [3.8, 4) is 0 Å². The molecule has 114 valence electrons. The van der Waals surface area contributed by atoms with Gasteiger partial charge in [-0.25, -0.2) is 0 Å². The predicted molar refractivity (Wildman–Crippen MR) is 90.0 cm³/mol. The van der Waals surface area contributed by atoms with E-state index in [1.807, 2.05) is 24.3 Å². The van der Waals surface area contributed by atoms with Crippen LogP contribution in [0.4, 0.5) is 0 Å². The van der Waals surface area contributed by atoms with Crippen LogP contribution in [0.5, 0.6) is 0 Å². The molecule has 0 fully saturated rings. The Morgan fingerprint density at radius 3 is 2.27 bits per heavy atom. The van der Waals surface area contributed by atoms with Crippen LogP contribution in [0.15, 0.2) is 65.8 Å². The van der Waals surface area contributed by atoms with Crippen LogP contribution in [0.3, 0.4) is 0 Å². The molecule has 0 saturated carbocycles. The first kappa shape index (κ1) is 14.8. The summed E-state index contributed by atoms with van der Waals surface area (Å²) in [5.74, 6) is 0. The third-order valence-electron chi connectivity index (χ3n) is 4.15. The van der Waals surface area contributed by atoms with Crippen LogP contribution in [0.1, 0.15) is 24.0 Å². The minimum atomic E-state index is -0.350. The van der Waals surface area contributed by atoms with Gasteiger partial charge in [0.05, 0.1) is 5.71 Å². The van der Waals surface area contributed by atoms with Gasteiger partial charge in [0.15, 0.2) is 5.60 Å². The summed E-state index contributed by atoms with van der Waals surface area (Å²) in [6.07, 6.45) is 1.73. The van der Waals surface area contributed by atoms with Crippen molar-refractivity contribution < 1.29 is 4.84 Å². The highest BCUT2D eigenvalue weighted by Gasteiger charge is 2.40. The molecule has 1 aliphatic rings. The smallest absolute Gasteiger partial charge is 0.169 e. The molecule has 1 heterocycles. The van der Waals surface area contributed by atoms with Crippen molar-refractivity contribution >= 4 is 5.71 Å². The van der Waals surface area contributed by atoms with Gasteiger partial charge in [-0.1, -0.05) is 65.8 Å². The fourth-order valence-electron chi connectivity index (χ4n) is 2.84. The molecule has 0 aromatic heterocycles. The van der Waals surface area contributed by atoms with Crippen molar-refractivity contribution in [1.82, 2.24) is 4.90 Å². The predicted octanol–water partition coefficient (Wildman–Crippen LogP) is 3.66. The second-order valence-corrected chi connectivity index (χ2v) is 6.09. The average molecular weight is 294 g/mol. The fraction of sp³-hybridized carbons (Fsp3) is 0.316. The molecule has 0 spiro atoms. The van der Waals surface area contributed by atoms with Gasteiger partial charge in [0.1, 0.15) is 0 Å². The van der Waals surface area contributed by atoms with Crippen LogP contribution >= 0.6 is 0 Å². The molecule has 0 saturated heterocycles. The van der Waals surface area contributed by atoms with Gasteiger partial charge in [0, 0.05) is 19.4 Å². The van der Waals surface area contributed by atoms with Crippen LogP contribution in [0.2, 0.25) is 0 Å². The van der Waals surface area contributed by atoms with Gasteiger partial charge in [-0.15, -0.1) is 0 Å². The molecule has 1 unspecified atom stereocenters. The Balaban J connectivity index is 1.87. The lowest BCUT2D eigenvalue weighted by molar-refractivity contribution is -0.0338. The lowest BCUT2D eigenvalue weighted by atomic mass is 9.84. The Hall–Kier alpha value is -2.13. The lowest BCUT2D eigenvalue weighted by Gasteiger charge is -2.28. The highest BCUT2D eigenvalue weighted by atomic mass is 16.7. The fourth-order valence-corrected chi connectivity index (χ4v) is 2.84. The van der Waals surface area contributed by atoms with Crippen LogP contribution in [0.25, 0.3) is 0 Å². The van der Waals surface area contributed by atoms with Gasteiger partial charge in [0.2, 0.25) is 0 Å². The number of hydrogen-bond acceptors (Lipinski definition) is 3. The van der Waals surface area contributed by atoms with Gasteiger partial charge in [-0.05, 0) is 25.2 Å². The quantitative estimate of drug-likeness (QED) is 0.840. The molecule has 0 bridgehead atoms. The van der Waals surface area contributed by atoms with Gasteiger partial charge in [0.25, 0.3) is 0 Å². The molecule has 3 rings (SSSR count). The molecule has 2 aromatic rings. The van der Waals surface area contributed by atoms with Crippen LogP contribution < -0.4 is 0 Å². The Kier molecular flexibility index (Phi) is 4.25. The van der Waals surface area contributed by atoms with E-state index in [9.17, 15) is 0 Å². The SMILES string of the molecule is CN(C)CCC1(c2ccccc2)CC(c2ccccc2)=NO1. The largest absolute Gasteiger partial charge is 0.384 e. The topological polar surface area (TPSA) is 24.8 Å². The maximum Gasteiger partial charge on any atom is 0.169 e. The second kappa shape index (κ2) is 6.32. The van der Waals surface area contributed by atoms with E-state index in [4.69, 9.17) is 4.84 Å². The van der Waals surface area contributed by atoms with Crippen molar-refractivity contribution in [3.05, 3.63) is 71.8 Å². The molecule has 1 atom stereocenters. The second-order valence-electron chi connectivity index (χ2n) is 6.09. The summed E-state index contributed by atoms with van der Waals surface area (Å²) in [6.45, 7) is 0.965. The molecule has 3 heteroatoms. The van der Waals surface area contributed by atoms with Crippen LogP contribution in [0, 0.1) is 0 Å². The molecule has 3 nitrogen and oxygen atoms in total. The summed E-state index contributed by atoms with van der Waals surface area (Å²) in [7, 11) is 4.18. The van der Waals surface area contributed by atoms with Crippen LogP contribution in [-0.2, 0) is 10.4 Å².